The summed E-state index contributed by atoms with van der Waals surface area (Å²) in [7, 11) is 0. The molecule has 0 radical (unpaired) electrons. The third-order valence-corrected chi connectivity index (χ3v) is 5.30. The molecule has 3 rings (SSSR count). The van der Waals surface area contributed by atoms with Crippen molar-refractivity contribution in [1.29, 1.82) is 0 Å². The highest BCUT2D eigenvalue weighted by Gasteiger charge is 2.18. The Hall–Kier alpha value is -2.62. The third kappa shape index (κ3) is 5.43. The lowest BCUT2D eigenvalue weighted by Gasteiger charge is -2.22. The molecule has 1 aliphatic rings. The van der Waals surface area contributed by atoms with Gasteiger partial charge in [0.25, 0.3) is 5.91 Å². The molecular weight excluding hydrogens is 336 g/mol. The minimum absolute atomic E-state index is 0.189. The van der Waals surface area contributed by atoms with Crippen molar-refractivity contribution < 1.29 is 9.59 Å². The lowest BCUT2D eigenvalue weighted by molar-refractivity contribution is -0.122. The molecule has 27 heavy (non-hydrogen) atoms. The van der Waals surface area contributed by atoms with Crippen molar-refractivity contribution >= 4 is 11.8 Å². The molecule has 0 aromatic heterocycles. The van der Waals surface area contributed by atoms with Gasteiger partial charge >= 0.3 is 0 Å². The highest BCUT2D eigenvalue weighted by molar-refractivity contribution is 5.97. The molecule has 0 aliphatic heterocycles. The Balaban J connectivity index is 1.50. The molecule has 1 unspecified atom stereocenters. The molecular formula is C23H28N2O2. The summed E-state index contributed by atoms with van der Waals surface area (Å²) in [6.45, 7) is 2.16. The highest BCUT2D eigenvalue weighted by Crippen LogP contribution is 2.32. The molecule has 142 valence electrons. The molecule has 2 aromatic rings. The van der Waals surface area contributed by atoms with Crippen molar-refractivity contribution in [2.45, 2.75) is 57.5 Å². The summed E-state index contributed by atoms with van der Waals surface area (Å²) < 4.78 is 0. The van der Waals surface area contributed by atoms with E-state index < -0.39 is 6.04 Å². The van der Waals surface area contributed by atoms with E-state index >= 15 is 0 Å². The van der Waals surface area contributed by atoms with E-state index in [1.54, 1.807) is 6.92 Å². The van der Waals surface area contributed by atoms with E-state index in [9.17, 15) is 9.59 Å². The Morgan fingerprint density at radius 3 is 2.30 bits per heavy atom. The van der Waals surface area contributed by atoms with Gasteiger partial charge < -0.3 is 10.6 Å². The molecule has 1 aliphatic carbocycles. The van der Waals surface area contributed by atoms with Crippen LogP contribution in [0.25, 0.3) is 0 Å². The second-order valence-corrected chi connectivity index (χ2v) is 7.36. The van der Waals surface area contributed by atoms with Crippen LogP contribution in [0.2, 0.25) is 0 Å². The van der Waals surface area contributed by atoms with Gasteiger partial charge in [0.2, 0.25) is 5.91 Å². The van der Waals surface area contributed by atoms with Gasteiger partial charge in [0.1, 0.15) is 6.04 Å². The van der Waals surface area contributed by atoms with Crippen LogP contribution in [-0.2, 0) is 11.3 Å². The fourth-order valence-corrected chi connectivity index (χ4v) is 3.63. The molecule has 0 spiro atoms. The predicted octanol–water partition coefficient (Wildman–Crippen LogP) is 4.17. The van der Waals surface area contributed by atoms with Gasteiger partial charge in [0.15, 0.2) is 0 Å². The fourth-order valence-electron chi connectivity index (χ4n) is 3.63. The van der Waals surface area contributed by atoms with E-state index in [0.29, 0.717) is 18.0 Å². The first-order valence-electron chi connectivity index (χ1n) is 9.86. The van der Waals surface area contributed by atoms with Crippen LogP contribution in [0, 0.1) is 0 Å². The molecule has 4 nitrogen and oxygen atoms in total. The summed E-state index contributed by atoms with van der Waals surface area (Å²) in [6.07, 6.45) is 6.40. The number of nitrogens with one attached hydrogen (secondary N) is 2. The van der Waals surface area contributed by atoms with Gasteiger partial charge in [0, 0.05) is 12.1 Å². The normalized spacial score (nSPS) is 15.7. The summed E-state index contributed by atoms with van der Waals surface area (Å²) in [5.74, 6) is 0.220. The van der Waals surface area contributed by atoms with Crippen LogP contribution in [0.15, 0.2) is 54.6 Å². The number of hydrogen-bond donors (Lipinski definition) is 2. The Kier molecular flexibility index (Phi) is 6.64. The van der Waals surface area contributed by atoms with Gasteiger partial charge in [-0.3, -0.25) is 9.59 Å². The summed E-state index contributed by atoms with van der Waals surface area (Å²) in [4.78, 5) is 24.6. The Labute approximate surface area is 161 Å². The number of carbonyl (C=O) groups excluding carboxylic acids is 2. The fraction of sp³-hybridized carbons (Fsp3) is 0.391. The average molecular weight is 364 g/mol. The van der Waals surface area contributed by atoms with Crippen molar-refractivity contribution in [2.75, 3.05) is 0 Å². The van der Waals surface area contributed by atoms with Gasteiger partial charge in [-0.1, -0.05) is 61.7 Å². The van der Waals surface area contributed by atoms with E-state index in [0.717, 1.165) is 5.56 Å². The minimum atomic E-state index is -0.584. The topological polar surface area (TPSA) is 58.2 Å². The van der Waals surface area contributed by atoms with Crippen LogP contribution >= 0.6 is 0 Å². The maximum absolute atomic E-state index is 12.4. The SMILES string of the molecule is CC(NC(=O)c1ccc(C2CCCCC2)cc1)C(=O)NCc1ccccc1. The number of rotatable bonds is 6. The molecule has 2 amide bonds. The first-order chi connectivity index (χ1) is 13.1. The first kappa shape index (κ1) is 19.2. The predicted molar refractivity (Wildman–Crippen MR) is 107 cm³/mol. The number of benzene rings is 2. The molecule has 0 bridgehead atoms. The molecule has 0 heterocycles. The van der Waals surface area contributed by atoms with E-state index in [-0.39, 0.29) is 11.8 Å². The molecule has 1 fully saturated rings. The lowest BCUT2D eigenvalue weighted by atomic mass is 9.84. The van der Waals surface area contributed by atoms with Crippen molar-refractivity contribution in [1.82, 2.24) is 10.6 Å². The van der Waals surface area contributed by atoms with Crippen LogP contribution in [0.1, 0.15) is 66.4 Å². The standard InChI is InChI=1S/C23H28N2O2/c1-17(22(26)24-16-18-8-4-2-5-9-18)25-23(27)21-14-12-20(13-15-21)19-10-6-3-7-11-19/h2,4-5,8-9,12-15,17,19H,3,6-7,10-11,16H2,1H3,(H,24,26)(H,25,27). The summed E-state index contributed by atoms with van der Waals surface area (Å²) in [5, 5.41) is 5.63. The highest BCUT2D eigenvalue weighted by atomic mass is 16.2. The minimum Gasteiger partial charge on any atom is -0.350 e. The Bertz CT molecular complexity index is 750. The monoisotopic (exact) mass is 364 g/mol. The van der Waals surface area contributed by atoms with Crippen molar-refractivity contribution in [2.24, 2.45) is 0 Å². The van der Waals surface area contributed by atoms with E-state index in [1.807, 2.05) is 42.5 Å². The molecule has 0 saturated heterocycles. The lowest BCUT2D eigenvalue weighted by Crippen LogP contribution is -2.44. The molecule has 4 heteroatoms. The Morgan fingerprint density at radius 1 is 0.963 bits per heavy atom. The second-order valence-electron chi connectivity index (χ2n) is 7.36. The first-order valence-corrected chi connectivity index (χ1v) is 9.86. The quantitative estimate of drug-likeness (QED) is 0.808. The number of hydrogen-bond acceptors (Lipinski definition) is 2. The zero-order chi connectivity index (χ0) is 19.1. The van der Waals surface area contributed by atoms with Gasteiger partial charge in [-0.25, -0.2) is 0 Å². The molecule has 1 atom stereocenters. The second kappa shape index (κ2) is 9.36. The van der Waals surface area contributed by atoms with Crippen LogP contribution in [-0.4, -0.2) is 17.9 Å². The van der Waals surface area contributed by atoms with E-state index in [1.165, 1.54) is 37.7 Å². The zero-order valence-electron chi connectivity index (χ0n) is 15.9. The van der Waals surface area contributed by atoms with Crippen LogP contribution in [0.4, 0.5) is 0 Å². The van der Waals surface area contributed by atoms with E-state index in [2.05, 4.69) is 22.8 Å². The van der Waals surface area contributed by atoms with Gasteiger partial charge in [-0.15, -0.1) is 0 Å². The number of amides is 2. The summed E-state index contributed by atoms with van der Waals surface area (Å²) in [6, 6.07) is 17.0. The smallest absolute Gasteiger partial charge is 0.251 e. The summed E-state index contributed by atoms with van der Waals surface area (Å²) >= 11 is 0. The van der Waals surface area contributed by atoms with Gasteiger partial charge in [-0.2, -0.15) is 0 Å². The largest absolute Gasteiger partial charge is 0.350 e. The summed E-state index contributed by atoms with van der Waals surface area (Å²) in [5.41, 5.74) is 2.94. The third-order valence-electron chi connectivity index (χ3n) is 5.30. The number of carbonyl (C=O) groups is 2. The van der Waals surface area contributed by atoms with Crippen LogP contribution in [0.5, 0.6) is 0 Å². The van der Waals surface area contributed by atoms with Crippen molar-refractivity contribution in [3.8, 4) is 0 Å². The van der Waals surface area contributed by atoms with Crippen LogP contribution in [0.3, 0.4) is 0 Å². The molecule has 2 N–H and O–H groups in total. The molecule has 1 saturated carbocycles. The molecule has 2 aromatic carbocycles. The Morgan fingerprint density at radius 2 is 1.63 bits per heavy atom. The maximum atomic E-state index is 12.4. The van der Waals surface area contributed by atoms with Crippen molar-refractivity contribution in [3.05, 3.63) is 71.3 Å². The zero-order valence-corrected chi connectivity index (χ0v) is 15.9. The maximum Gasteiger partial charge on any atom is 0.251 e. The average Bonchev–Trinajstić information content (AvgIpc) is 2.73. The van der Waals surface area contributed by atoms with Crippen LogP contribution < -0.4 is 10.6 Å². The van der Waals surface area contributed by atoms with Gasteiger partial charge in [-0.05, 0) is 48.9 Å². The van der Waals surface area contributed by atoms with E-state index in [4.69, 9.17) is 0 Å². The van der Waals surface area contributed by atoms with Crippen molar-refractivity contribution in [3.63, 3.8) is 0 Å². The van der Waals surface area contributed by atoms with Gasteiger partial charge in [0.05, 0.1) is 0 Å².